The molecule has 108 valence electrons. The zero-order valence-electron chi connectivity index (χ0n) is 12.2. The molecule has 1 aromatic heterocycles. The van der Waals surface area contributed by atoms with Crippen LogP contribution in [0.4, 0.5) is 0 Å². The predicted molar refractivity (Wildman–Crippen MR) is 76.5 cm³/mol. The fraction of sp³-hybridized carbons (Fsp3) is 0.750. The lowest BCUT2D eigenvalue weighted by Crippen LogP contribution is -2.32. The fourth-order valence-corrected chi connectivity index (χ4v) is 4.24. The van der Waals surface area contributed by atoms with Crippen LogP contribution in [0.5, 0.6) is 0 Å². The van der Waals surface area contributed by atoms with Crippen LogP contribution in [0.15, 0.2) is 6.20 Å². The van der Waals surface area contributed by atoms with Crippen LogP contribution in [0, 0.1) is 11.3 Å². The van der Waals surface area contributed by atoms with Crippen molar-refractivity contribution >= 4 is 5.91 Å². The van der Waals surface area contributed by atoms with E-state index in [4.69, 9.17) is 0 Å². The summed E-state index contributed by atoms with van der Waals surface area (Å²) in [4.78, 5) is 14.8. The third kappa shape index (κ3) is 1.88. The van der Waals surface area contributed by atoms with Crippen molar-refractivity contribution in [1.82, 2.24) is 15.1 Å². The number of rotatable bonds is 2. The van der Waals surface area contributed by atoms with E-state index in [0.717, 1.165) is 30.3 Å². The van der Waals surface area contributed by atoms with Gasteiger partial charge in [0.1, 0.15) is 0 Å². The van der Waals surface area contributed by atoms with Crippen molar-refractivity contribution in [3.05, 3.63) is 17.5 Å². The summed E-state index contributed by atoms with van der Waals surface area (Å²) in [6.07, 6.45) is 9.34. The molecule has 0 bridgehead atoms. The summed E-state index contributed by atoms with van der Waals surface area (Å²) in [5, 5.41) is 7.28. The Morgan fingerprint density at radius 1 is 1.40 bits per heavy atom. The first-order valence-electron chi connectivity index (χ1n) is 8.00. The maximum atomic E-state index is 12.7. The highest BCUT2D eigenvalue weighted by Gasteiger charge is 2.57. The Bertz CT molecular complexity index is 532. The summed E-state index contributed by atoms with van der Waals surface area (Å²) < 4.78 is 0. The standard InChI is InChI=1S/C16H23N3O/c1-16-7-12(16)9-19(10-16)15(20)13-8-17-18-14(13)11-5-3-2-4-6-11/h8,11-12H,2-7,9-10H2,1H3,(H,17,18). The second-order valence-corrected chi connectivity index (χ2v) is 7.27. The number of fused-ring (bicyclic) bond motifs is 1. The molecule has 20 heavy (non-hydrogen) atoms. The average Bonchev–Trinajstić information content (AvgIpc) is 2.86. The molecule has 4 rings (SSSR count). The molecule has 2 unspecified atom stereocenters. The van der Waals surface area contributed by atoms with Crippen LogP contribution in [-0.4, -0.2) is 34.1 Å². The van der Waals surface area contributed by atoms with Crippen LogP contribution in [-0.2, 0) is 0 Å². The van der Waals surface area contributed by atoms with Gasteiger partial charge in [-0.2, -0.15) is 5.10 Å². The minimum atomic E-state index is 0.202. The second kappa shape index (κ2) is 4.34. The first-order chi connectivity index (χ1) is 9.67. The maximum Gasteiger partial charge on any atom is 0.257 e. The number of carbonyl (C=O) groups is 1. The van der Waals surface area contributed by atoms with Gasteiger partial charge in [0.25, 0.3) is 5.91 Å². The number of hydrogen-bond acceptors (Lipinski definition) is 2. The van der Waals surface area contributed by atoms with E-state index in [2.05, 4.69) is 17.1 Å². The van der Waals surface area contributed by atoms with E-state index < -0.39 is 0 Å². The number of nitrogens with zero attached hydrogens (tertiary/aromatic N) is 2. The first kappa shape index (κ1) is 12.4. The zero-order chi connectivity index (χ0) is 13.7. The van der Waals surface area contributed by atoms with Crippen molar-refractivity contribution in [3.63, 3.8) is 0 Å². The topological polar surface area (TPSA) is 49.0 Å². The molecule has 4 heteroatoms. The van der Waals surface area contributed by atoms with E-state index in [-0.39, 0.29) is 5.91 Å². The van der Waals surface area contributed by atoms with Gasteiger partial charge in [0, 0.05) is 19.0 Å². The van der Waals surface area contributed by atoms with Gasteiger partial charge in [-0.3, -0.25) is 9.89 Å². The van der Waals surface area contributed by atoms with Gasteiger partial charge in [0.15, 0.2) is 0 Å². The molecule has 1 aliphatic heterocycles. The Labute approximate surface area is 119 Å². The van der Waals surface area contributed by atoms with E-state index in [1.807, 2.05) is 4.90 Å². The molecule has 1 saturated heterocycles. The Balaban J connectivity index is 1.53. The quantitative estimate of drug-likeness (QED) is 0.900. The Kier molecular flexibility index (Phi) is 2.69. The predicted octanol–water partition coefficient (Wildman–Crippen LogP) is 2.94. The minimum Gasteiger partial charge on any atom is -0.338 e. The lowest BCUT2D eigenvalue weighted by atomic mass is 9.85. The van der Waals surface area contributed by atoms with Crippen LogP contribution in [0.25, 0.3) is 0 Å². The molecule has 3 aliphatic rings. The molecular formula is C16H23N3O. The fourth-order valence-electron chi connectivity index (χ4n) is 4.24. The third-order valence-electron chi connectivity index (χ3n) is 5.73. The van der Waals surface area contributed by atoms with Gasteiger partial charge in [-0.25, -0.2) is 0 Å². The van der Waals surface area contributed by atoms with Gasteiger partial charge in [-0.1, -0.05) is 26.2 Å². The summed E-state index contributed by atoms with van der Waals surface area (Å²) in [6.45, 7) is 4.19. The molecule has 2 aliphatic carbocycles. The molecular weight excluding hydrogens is 250 g/mol. The number of H-pyrrole nitrogens is 1. The smallest absolute Gasteiger partial charge is 0.257 e. The van der Waals surface area contributed by atoms with Gasteiger partial charge in [-0.15, -0.1) is 0 Å². The molecule has 1 N–H and O–H groups in total. The molecule has 0 radical (unpaired) electrons. The third-order valence-corrected chi connectivity index (χ3v) is 5.73. The van der Waals surface area contributed by atoms with E-state index in [0.29, 0.717) is 11.3 Å². The molecule has 0 aromatic carbocycles. The summed E-state index contributed by atoms with van der Waals surface area (Å²) in [5.41, 5.74) is 2.35. The van der Waals surface area contributed by atoms with Crippen LogP contribution >= 0.6 is 0 Å². The highest BCUT2D eigenvalue weighted by molar-refractivity contribution is 5.95. The van der Waals surface area contributed by atoms with Crippen LogP contribution < -0.4 is 0 Å². The number of hydrogen-bond donors (Lipinski definition) is 1. The monoisotopic (exact) mass is 273 g/mol. The normalized spacial score (nSPS) is 33.2. The molecule has 1 aromatic rings. The van der Waals surface area contributed by atoms with Crippen molar-refractivity contribution < 1.29 is 4.79 Å². The van der Waals surface area contributed by atoms with Gasteiger partial charge in [-0.05, 0) is 30.6 Å². The van der Waals surface area contributed by atoms with E-state index in [1.54, 1.807) is 6.20 Å². The molecule has 2 heterocycles. The number of nitrogens with one attached hydrogen (secondary N) is 1. The zero-order valence-corrected chi connectivity index (χ0v) is 12.2. The number of likely N-dealkylation sites (tertiary alicyclic amines) is 1. The summed E-state index contributed by atoms with van der Waals surface area (Å²) in [6, 6.07) is 0. The second-order valence-electron chi connectivity index (χ2n) is 7.27. The summed E-state index contributed by atoms with van der Waals surface area (Å²) in [7, 11) is 0. The molecule has 0 spiro atoms. The van der Waals surface area contributed by atoms with Crippen LogP contribution in [0.1, 0.15) is 67.4 Å². The maximum absolute atomic E-state index is 12.7. The van der Waals surface area contributed by atoms with Crippen molar-refractivity contribution in [2.75, 3.05) is 13.1 Å². The highest BCUT2D eigenvalue weighted by Crippen LogP contribution is 2.57. The van der Waals surface area contributed by atoms with Gasteiger partial charge >= 0.3 is 0 Å². The SMILES string of the molecule is CC12CC1CN(C(=O)c1cn[nH]c1C1CCCCC1)C2. The molecule has 1 amide bonds. The van der Waals surface area contributed by atoms with Crippen molar-refractivity contribution in [1.29, 1.82) is 0 Å². The van der Waals surface area contributed by atoms with Crippen LogP contribution in [0.2, 0.25) is 0 Å². The Morgan fingerprint density at radius 3 is 2.90 bits per heavy atom. The number of aromatic amines is 1. The van der Waals surface area contributed by atoms with Gasteiger partial charge in [0.2, 0.25) is 0 Å². The van der Waals surface area contributed by atoms with E-state index >= 15 is 0 Å². The first-order valence-corrected chi connectivity index (χ1v) is 8.00. The largest absolute Gasteiger partial charge is 0.338 e. The molecule has 2 atom stereocenters. The van der Waals surface area contributed by atoms with Gasteiger partial charge < -0.3 is 4.90 Å². The van der Waals surface area contributed by atoms with E-state index in [9.17, 15) is 4.79 Å². The molecule has 2 saturated carbocycles. The lowest BCUT2D eigenvalue weighted by Gasteiger charge is -2.23. The lowest BCUT2D eigenvalue weighted by molar-refractivity contribution is 0.0765. The summed E-state index contributed by atoms with van der Waals surface area (Å²) in [5.74, 6) is 1.46. The van der Waals surface area contributed by atoms with Crippen molar-refractivity contribution in [2.45, 2.75) is 51.4 Å². The molecule has 4 nitrogen and oxygen atoms in total. The summed E-state index contributed by atoms with van der Waals surface area (Å²) >= 11 is 0. The van der Waals surface area contributed by atoms with Crippen molar-refractivity contribution in [3.8, 4) is 0 Å². The van der Waals surface area contributed by atoms with Crippen molar-refractivity contribution in [2.24, 2.45) is 11.3 Å². The number of amides is 1. The number of piperidine rings is 1. The average molecular weight is 273 g/mol. The van der Waals surface area contributed by atoms with E-state index in [1.165, 1.54) is 38.5 Å². The van der Waals surface area contributed by atoms with Gasteiger partial charge in [0.05, 0.1) is 17.5 Å². The number of carbonyl (C=O) groups excluding carboxylic acids is 1. The Morgan fingerprint density at radius 2 is 2.20 bits per heavy atom. The molecule has 3 fully saturated rings. The number of aromatic nitrogens is 2. The van der Waals surface area contributed by atoms with Crippen LogP contribution in [0.3, 0.4) is 0 Å². The minimum absolute atomic E-state index is 0.202. The Hall–Kier alpha value is -1.32. The highest BCUT2D eigenvalue weighted by atomic mass is 16.2.